The van der Waals surface area contributed by atoms with Crippen LogP contribution in [0.25, 0.3) is 28.4 Å². The Kier molecular flexibility index (Phi) is 4.63. The van der Waals surface area contributed by atoms with Crippen LogP contribution in [0, 0.1) is 12.7 Å². The maximum Gasteiger partial charge on any atom is 0.261 e. The summed E-state index contributed by atoms with van der Waals surface area (Å²) in [6.45, 7) is 1.91. The lowest BCUT2D eigenvalue weighted by Gasteiger charge is -2.10. The topological polar surface area (TPSA) is 131 Å². The summed E-state index contributed by atoms with van der Waals surface area (Å²) < 4.78 is 44.5. The minimum absolute atomic E-state index is 0.0440. The standard InChI is InChI=1S/C20H15FN8O2S/c1-12-18(23-20-22-8-3-9-29(12)20)13-4-2-5-14(10-13)26-32(30,31)15-6-7-17(21)16(11-15)19-24-27-28-25-19/h2-11,26H,1H3,(H,24,25,27,28). The number of benzene rings is 2. The molecular weight excluding hydrogens is 435 g/mol. The van der Waals surface area contributed by atoms with E-state index >= 15 is 0 Å². The van der Waals surface area contributed by atoms with Crippen molar-refractivity contribution in [2.45, 2.75) is 11.8 Å². The fraction of sp³-hybridized carbons (Fsp3) is 0.0500. The Labute approximate surface area is 181 Å². The Morgan fingerprint density at radius 3 is 2.78 bits per heavy atom. The van der Waals surface area contributed by atoms with Crippen LogP contribution in [-0.2, 0) is 10.0 Å². The van der Waals surface area contributed by atoms with Gasteiger partial charge in [-0.15, -0.1) is 10.2 Å². The quantitative estimate of drug-likeness (QED) is 0.421. The second-order valence-corrected chi connectivity index (χ2v) is 8.58. The summed E-state index contributed by atoms with van der Waals surface area (Å²) in [4.78, 5) is 8.64. The monoisotopic (exact) mass is 450 g/mol. The Hall–Kier alpha value is -4.19. The fourth-order valence-electron chi connectivity index (χ4n) is 3.34. The highest BCUT2D eigenvalue weighted by molar-refractivity contribution is 7.92. The third kappa shape index (κ3) is 3.46. The van der Waals surface area contributed by atoms with Gasteiger partial charge in [-0.1, -0.05) is 12.1 Å². The molecule has 10 nitrogen and oxygen atoms in total. The molecule has 0 aliphatic rings. The number of nitrogens with zero attached hydrogens (tertiary/aromatic N) is 6. The summed E-state index contributed by atoms with van der Waals surface area (Å²) in [5.74, 6) is -0.160. The van der Waals surface area contributed by atoms with Crippen LogP contribution in [0.2, 0.25) is 0 Å². The molecule has 32 heavy (non-hydrogen) atoms. The highest BCUT2D eigenvalue weighted by atomic mass is 32.2. The van der Waals surface area contributed by atoms with E-state index in [1.165, 1.54) is 6.07 Å². The molecule has 0 bridgehead atoms. The molecule has 3 aromatic heterocycles. The number of aromatic nitrogens is 7. The lowest BCUT2D eigenvalue weighted by molar-refractivity contribution is 0.600. The number of rotatable bonds is 5. The number of anilines is 1. The molecule has 0 amide bonds. The molecule has 2 N–H and O–H groups in total. The van der Waals surface area contributed by atoms with Crippen molar-refractivity contribution in [3.63, 3.8) is 0 Å². The van der Waals surface area contributed by atoms with Crippen molar-refractivity contribution in [3.8, 4) is 22.6 Å². The summed E-state index contributed by atoms with van der Waals surface area (Å²) in [6, 6.07) is 12.0. The van der Waals surface area contributed by atoms with E-state index in [9.17, 15) is 12.8 Å². The summed E-state index contributed by atoms with van der Waals surface area (Å²) in [6.07, 6.45) is 3.51. The SMILES string of the molecule is Cc1c(-c2cccc(NS(=O)(=O)c3ccc(F)c(-c4nn[nH]n4)c3)c2)nc2ncccn12. The third-order valence-electron chi connectivity index (χ3n) is 4.87. The van der Waals surface area contributed by atoms with Crippen LogP contribution in [0.4, 0.5) is 10.1 Å². The summed E-state index contributed by atoms with van der Waals surface area (Å²) in [5.41, 5.74) is 2.53. The lowest BCUT2D eigenvalue weighted by Crippen LogP contribution is -2.13. The van der Waals surface area contributed by atoms with Gasteiger partial charge in [0.15, 0.2) is 0 Å². The number of imidazole rings is 1. The molecule has 3 heterocycles. The average molecular weight is 450 g/mol. The summed E-state index contributed by atoms with van der Waals surface area (Å²) in [5, 5.41) is 13.0. The molecule has 5 rings (SSSR count). The van der Waals surface area contributed by atoms with Gasteiger partial charge in [-0.25, -0.2) is 22.8 Å². The molecule has 0 spiro atoms. The van der Waals surface area contributed by atoms with Crippen molar-refractivity contribution in [2.75, 3.05) is 4.72 Å². The molecule has 2 aromatic carbocycles. The number of fused-ring (bicyclic) bond motifs is 1. The molecule has 0 atom stereocenters. The number of hydrogen-bond acceptors (Lipinski definition) is 7. The van der Waals surface area contributed by atoms with E-state index in [4.69, 9.17) is 0 Å². The molecule has 160 valence electrons. The van der Waals surface area contributed by atoms with E-state index in [0.29, 0.717) is 17.2 Å². The van der Waals surface area contributed by atoms with Gasteiger partial charge in [0.25, 0.3) is 10.0 Å². The summed E-state index contributed by atoms with van der Waals surface area (Å²) >= 11 is 0. The highest BCUT2D eigenvalue weighted by Gasteiger charge is 2.20. The van der Waals surface area contributed by atoms with Crippen LogP contribution in [-0.4, -0.2) is 43.4 Å². The number of halogens is 1. The van der Waals surface area contributed by atoms with Gasteiger partial charge in [-0.2, -0.15) is 5.21 Å². The Bertz CT molecular complexity index is 1550. The number of aryl methyl sites for hydroxylation is 1. The Balaban J connectivity index is 1.49. The zero-order valence-corrected chi connectivity index (χ0v) is 17.4. The Morgan fingerprint density at radius 2 is 2.00 bits per heavy atom. The highest BCUT2D eigenvalue weighted by Crippen LogP contribution is 2.28. The fourth-order valence-corrected chi connectivity index (χ4v) is 4.41. The Morgan fingerprint density at radius 1 is 1.12 bits per heavy atom. The second kappa shape index (κ2) is 7.50. The zero-order valence-electron chi connectivity index (χ0n) is 16.6. The van der Waals surface area contributed by atoms with Crippen LogP contribution in [0.1, 0.15) is 5.69 Å². The first-order valence-electron chi connectivity index (χ1n) is 9.39. The smallest absolute Gasteiger partial charge is 0.261 e. The van der Waals surface area contributed by atoms with Gasteiger partial charge in [-0.05, 0) is 48.5 Å². The van der Waals surface area contributed by atoms with Crippen molar-refractivity contribution >= 4 is 21.5 Å². The predicted molar refractivity (Wildman–Crippen MR) is 114 cm³/mol. The first-order chi connectivity index (χ1) is 15.4. The van der Waals surface area contributed by atoms with E-state index in [-0.39, 0.29) is 16.3 Å². The maximum atomic E-state index is 14.2. The van der Waals surface area contributed by atoms with Crippen LogP contribution in [0.5, 0.6) is 0 Å². The third-order valence-corrected chi connectivity index (χ3v) is 6.24. The molecule has 0 saturated carbocycles. The van der Waals surface area contributed by atoms with Crippen LogP contribution >= 0.6 is 0 Å². The van der Waals surface area contributed by atoms with Gasteiger partial charge in [0.05, 0.1) is 16.2 Å². The van der Waals surface area contributed by atoms with E-state index in [0.717, 1.165) is 23.4 Å². The molecule has 0 aliphatic heterocycles. The van der Waals surface area contributed by atoms with Crippen molar-refractivity contribution in [2.24, 2.45) is 0 Å². The van der Waals surface area contributed by atoms with Crippen molar-refractivity contribution < 1.29 is 12.8 Å². The van der Waals surface area contributed by atoms with Crippen molar-refractivity contribution in [1.82, 2.24) is 35.0 Å². The molecule has 0 fully saturated rings. The molecule has 12 heteroatoms. The van der Waals surface area contributed by atoms with Crippen LogP contribution in [0.15, 0.2) is 65.8 Å². The molecule has 5 aromatic rings. The van der Waals surface area contributed by atoms with E-state index < -0.39 is 15.8 Å². The average Bonchev–Trinajstić information content (AvgIpc) is 3.43. The van der Waals surface area contributed by atoms with Crippen molar-refractivity contribution in [1.29, 1.82) is 0 Å². The number of H-pyrrole nitrogens is 1. The number of sulfonamides is 1. The van der Waals surface area contributed by atoms with Gasteiger partial charge >= 0.3 is 0 Å². The minimum atomic E-state index is -4.02. The number of nitrogens with one attached hydrogen (secondary N) is 2. The molecule has 0 unspecified atom stereocenters. The van der Waals surface area contributed by atoms with Gasteiger partial charge in [0.1, 0.15) is 5.82 Å². The van der Waals surface area contributed by atoms with Gasteiger partial charge in [0.2, 0.25) is 11.6 Å². The van der Waals surface area contributed by atoms with Crippen LogP contribution in [0.3, 0.4) is 0 Å². The van der Waals surface area contributed by atoms with Gasteiger partial charge < -0.3 is 0 Å². The number of tetrazole rings is 1. The van der Waals surface area contributed by atoms with E-state index in [1.54, 1.807) is 24.4 Å². The largest absolute Gasteiger partial charge is 0.288 e. The van der Waals surface area contributed by atoms with Gasteiger partial charge in [-0.3, -0.25) is 9.12 Å². The van der Waals surface area contributed by atoms with E-state index in [2.05, 4.69) is 35.3 Å². The first kappa shape index (κ1) is 19.8. The molecule has 0 radical (unpaired) electrons. The second-order valence-electron chi connectivity index (χ2n) is 6.90. The minimum Gasteiger partial charge on any atom is -0.288 e. The number of aromatic amines is 1. The van der Waals surface area contributed by atoms with Gasteiger partial charge in [0, 0.05) is 29.3 Å². The molecular formula is C20H15FN8O2S. The normalized spacial score (nSPS) is 11.7. The summed E-state index contributed by atoms with van der Waals surface area (Å²) in [7, 11) is -4.02. The maximum absolute atomic E-state index is 14.2. The van der Waals surface area contributed by atoms with E-state index in [1.807, 2.05) is 29.7 Å². The zero-order chi connectivity index (χ0) is 22.3. The predicted octanol–water partition coefficient (Wildman–Crippen LogP) is 2.82. The lowest BCUT2D eigenvalue weighted by atomic mass is 10.1. The molecule has 0 saturated heterocycles. The number of hydrogen-bond donors (Lipinski definition) is 2. The van der Waals surface area contributed by atoms with Crippen LogP contribution < -0.4 is 4.72 Å². The molecule has 0 aliphatic carbocycles. The first-order valence-corrected chi connectivity index (χ1v) is 10.9. The van der Waals surface area contributed by atoms with Crippen molar-refractivity contribution in [3.05, 3.63) is 72.4 Å².